The van der Waals surface area contributed by atoms with Crippen LogP contribution in [0.4, 0.5) is 0 Å². The molecule has 0 aromatic carbocycles. The molecular weight excluding hydrogens is 130 g/mol. The zero-order valence-corrected chi connectivity index (χ0v) is 5.37. The smallest absolute Gasteiger partial charge is 0.217 e. The summed E-state index contributed by atoms with van der Waals surface area (Å²) in [5, 5.41) is 16.4. The summed E-state index contributed by atoms with van der Waals surface area (Å²) in [5.41, 5.74) is 4.79. The molecule has 0 spiro atoms. The lowest BCUT2D eigenvalue weighted by Crippen LogP contribution is -2.11. The fourth-order valence-corrected chi connectivity index (χ4v) is 0.445. The molecule has 0 saturated heterocycles. The van der Waals surface area contributed by atoms with Crippen molar-refractivity contribution in [3.63, 3.8) is 0 Å². The predicted octanol–water partition coefficient (Wildman–Crippen LogP) is -0.0847. The minimum atomic E-state index is -0.701. The third-order valence-electron chi connectivity index (χ3n) is 0.991. The van der Waals surface area contributed by atoms with Crippen molar-refractivity contribution in [3.8, 4) is 12.1 Å². The lowest BCUT2D eigenvalue weighted by atomic mass is 10.1. The molecule has 2 N–H and O–H groups in total. The minimum Gasteiger partial charge on any atom is -0.370 e. The number of primary amides is 1. The Bertz CT molecular complexity index is 184. The van der Waals surface area contributed by atoms with Crippen LogP contribution in [0, 0.1) is 28.6 Å². The third-order valence-corrected chi connectivity index (χ3v) is 0.991. The number of hydrogen-bond donors (Lipinski definition) is 1. The Balaban J connectivity index is 3.61. The fraction of sp³-hybridized carbons (Fsp3) is 0.500. The minimum absolute atomic E-state index is 0.103. The molecule has 0 rings (SSSR count). The number of nitrogens with zero attached hydrogens (tertiary/aromatic N) is 2. The number of carbonyl (C=O) groups excluding carboxylic acids is 1. The topological polar surface area (TPSA) is 90.7 Å². The van der Waals surface area contributed by atoms with Crippen molar-refractivity contribution in [2.45, 2.75) is 12.8 Å². The van der Waals surface area contributed by atoms with Crippen LogP contribution in [0.1, 0.15) is 12.8 Å². The molecule has 0 aliphatic carbocycles. The lowest BCUT2D eigenvalue weighted by Gasteiger charge is -1.93. The number of carbonyl (C=O) groups is 1. The highest BCUT2D eigenvalue weighted by atomic mass is 16.1. The van der Waals surface area contributed by atoms with E-state index in [2.05, 4.69) is 0 Å². The maximum absolute atomic E-state index is 10.1. The summed E-state index contributed by atoms with van der Waals surface area (Å²) in [4.78, 5) is 10.1. The van der Waals surface area contributed by atoms with Gasteiger partial charge >= 0.3 is 0 Å². The monoisotopic (exact) mass is 137 g/mol. The molecule has 1 amide bonds. The average molecular weight is 137 g/mol. The van der Waals surface area contributed by atoms with Gasteiger partial charge in [0.15, 0.2) is 0 Å². The van der Waals surface area contributed by atoms with E-state index in [1.54, 1.807) is 12.1 Å². The van der Waals surface area contributed by atoms with Crippen molar-refractivity contribution < 1.29 is 4.79 Å². The van der Waals surface area contributed by atoms with Crippen LogP contribution in [0.5, 0.6) is 0 Å². The van der Waals surface area contributed by atoms with Gasteiger partial charge in [0, 0.05) is 6.42 Å². The van der Waals surface area contributed by atoms with Crippen molar-refractivity contribution in [1.82, 2.24) is 0 Å². The zero-order chi connectivity index (χ0) is 7.98. The molecule has 52 valence electrons. The molecule has 0 aliphatic heterocycles. The van der Waals surface area contributed by atoms with Crippen LogP contribution in [0.25, 0.3) is 0 Å². The van der Waals surface area contributed by atoms with Gasteiger partial charge in [-0.25, -0.2) is 0 Å². The number of amides is 1. The summed E-state index contributed by atoms with van der Waals surface area (Å²) < 4.78 is 0. The van der Waals surface area contributed by atoms with Gasteiger partial charge in [-0.2, -0.15) is 10.5 Å². The molecule has 0 bridgehead atoms. The van der Waals surface area contributed by atoms with E-state index in [0.29, 0.717) is 0 Å². The van der Waals surface area contributed by atoms with Crippen LogP contribution < -0.4 is 5.73 Å². The maximum Gasteiger partial charge on any atom is 0.217 e. The number of hydrogen-bond acceptors (Lipinski definition) is 3. The molecular formula is C6H7N3O. The van der Waals surface area contributed by atoms with Crippen molar-refractivity contribution in [1.29, 1.82) is 10.5 Å². The van der Waals surface area contributed by atoms with Gasteiger partial charge in [-0.05, 0) is 6.42 Å². The van der Waals surface area contributed by atoms with Crippen LogP contribution in [0.2, 0.25) is 0 Å². The molecule has 10 heavy (non-hydrogen) atoms. The van der Waals surface area contributed by atoms with E-state index in [-0.39, 0.29) is 12.8 Å². The van der Waals surface area contributed by atoms with Crippen molar-refractivity contribution >= 4 is 5.91 Å². The number of rotatable bonds is 3. The second-order valence-corrected chi connectivity index (χ2v) is 1.82. The molecule has 0 atom stereocenters. The van der Waals surface area contributed by atoms with E-state index in [1.807, 2.05) is 0 Å². The lowest BCUT2D eigenvalue weighted by molar-refractivity contribution is -0.118. The molecule has 0 radical (unpaired) electrons. The van der Waals surface area contributed by atoms with Gasteiger partial charge < -0.3 is 5.73 Å². The van der Waals surface area contributed by atoms with E-state index >= 15 is 0 Å². The largest absolute Gasteiger partial charge is 0.370 e. The predicted molar refractivity (Wildman–Crippen MR) is 33.1 cm³/mol. The molecule has 4 nitrogen and oxygen atoms in total. The van der Waals surface area contributed by atoms with Gasteiger partial charge in [-0.3, -0.25) is 4.79 Å². The van der Waals surface area contributed by atoms with Gasteiger partial charge in [0.1, 0.15) is 5.92 Å². The standard InChI is InChI=1S/C6H7N3O/c7-3-5(4-8)1-2-6(9)10/h5H,1-2H2,(H2,9,10). The van der Waals surface area contributed by atoms with E-state index in [1.165, 1.54) is 0 Å². The van der Waals surface area contributed by atoms with Crippen LogP contribution in [0.15, 0.2) is 0 Å². The molecule has 0 heterocycles. The zero-order valence-electron chi connectivity index (χ0n) is 5.37. The Morgan fingerprint density at radius 1 is 1.50 bits per heavy atom. The molecule has 0 aromatic heterocycles. The number of nitrogens with two attached hydrogens (primary N) is 1. The molecule has 0 fully saturated rings. The SMILES string of the molecule is N#CC(C#N)CCC(N)=O. The Labute approximate surface area is 58.9 Å². The number of nitriles is 2. The summed E-state index contributed by atoms with van der Waals surface area (Å²) in [7, 11) is 0. The molecule has 0 saturated carbocycles. The van der Waals surface area contributed by atoms with Crippen molar-refractivity contribution in [3.05, 3.63) is 0 Å². The van der Waals surface area contributed by atoms with E-state index in [0.717, 1.165) is 0 Å². The highest BCUT2D eigenvalue weighted by Crippen LogP contribution is 2.01. The second-order valence-electron chi connectivity index (χ2n) is 1.82. The summed E-state index contributed by atoms with van der Waals surface area (Å²) in [5.74, 6) is -1.18. The Morgan fingerprint density at radius 3 is 2.30 bits per heavy atom. The molecule has 0 aromatic rings. The van der Waals surface area contributed by atoms with Gasteiger partial charge in [0.25, 0.3) is 0 Å². The highest BCUT2D eigenvalue weighted by Gasteiger charge is 2.05. The van der Waals surface area contributed by atoms with Gasteiger partial charge in [-0.1, -0.05) is 0 Å². The Morgan fingerprint density at radius 2 is 2.00 bits per heavy atom. The summed E-state index contributed by atoms with van der Waals surface area (Å²) >= 11 is 0. The normalized spacial score (nSPS) is 8.30. The Hall–Kier alpha value is -1.55. The fourth-order valence-electron chi connectivity index (χ4n) is 0.445. The summed E-state index contributed by atoms with van der Waals surface area (Å²) in [6.07, 6.45) is 0.341. The summed E-state index contributed by atoms with van der Waals surface area (Å²) in [6, 6.07) is 3.48. The highest BCUT2D eigenvalue weighted by molar-refractivity contribution is 5.73. The first-order chi connectivity index (χ1) is 4.70. The van der Waals surface area contributed by atoms with Crippen LogP contribution in [-0.2, 0) is 4.79 Å². The first kappa shape index (κ1) is 8.45. The van der Waals surface area contributed by atoms with Gasteiger partial charge in [-0.15, -0.1) is 0 Å². The first-order valence-corrected chi connectivity index (χ1v) is 2.78. The van der Waals surface area contributed by atoms with Crippen LogP contribution in [-0.4, -0.2) is 5.91 Å². The van der Waals surface area contributed by atoms with Crippen LogP contribution in [0.3, 0.4) is 0 Å². The second kappa shape index (κ2) is 4.34. The van der Waals surface area contributed by atoms with E-state index in [9.17, 15) is 4.79 Å². The van der Waals surface area contributed by atoms with E-state index in [4.69, 9.17) is 16.3 Å². The van der Waals surface area contributed by atoms with Crippen molar-refractivity contribution in [2.24, 2.45) is 11.7 Å². The summed E-state index contributed by atoms with van der Waals surface area (Å²) in [6.45, 7) is 0. The Kier molecular flexibility index (Phi) is 3.67. The van der Waals surface area contributed by atoms with Gasteiger partial charge in [0.2, 0.25) is 5.91 Å². The molecule has 0 unspecified atom stereocenters. The molecule has 4 heteroatoms. The maximum atomic E-state index is 10.1. The van der Waals surface area contributed by atoms with E-state index < -0.39 is 11.8 Å². The molecule has 0 aliphatic rings. The average Bonchev–Trinajstić information content (AvgIpc) is 1.90. The first-order valence-electron chi connectivity index (χ1n) is 2.78. The van der Waals surface area contributed by atoms with Crippen molar-refractivity contribution in [2.75, 3.05) is 0 Å². The third kappa shape index (κ3) is 3.45. The van der Waals surface area contributed by atoms with Gasteiger partial charge in [0.05, 0.1) is 12.1 Å². The van der Waals surface area contributed by atoms with Crippen LogP contribution >= 0.6 is 0 Å². The quantitative estimate of drug-likeness (QED) is 0.589.